The number of aromatic nitrogens is 2. The molecule has 0 spiro atoms. The Kier molecular flexibility index (Phi) is 6.40. The first-order valence-corrected chi connectivity index (χ1v) is 11.6. The van der Waals surface area contributed by atoms with E-state index in [0.717, 1.165) is 42.3 Å². The van der Waals surface area contributed by atoms with Crippen LogP contribution in [-0.4, -0.2) is 58.8 Å². The summed E-state index contributed by atoms with van der Waals surface area (Å²) >= 11 is 0. The molecule has 6 nitrogen and oxygen atoms in total. The fourth-order valence-corrected chi connectivity index (χ4v) is 4.32. The Morgan fingerprint density at radius 2 is 1.50 bits per heavy atom. The lowest BCUT2D eigenvalue weighted by Gasteiger charge is -2.34. The molecule has 0 unspecified atom stereocenters. The zero-order chi connectivity index (χ0) is 23.3. The number of piperazine rings is 1. The van der Waals surface area contributed by atoms with Crippen LogP contribution in [0.1, 0.15) is 16.1 Å². The molecule has 0 aliphatic carbocycles. The highest BCUT2D eigenvalue weighted by Crippen LogP contribution is 2.24. The second-order valence-corrected chi connectivity index (χ2v) is 8.44. The van der Waals surface area contributed by atoms with Crippen molar-refractivity contribution in [2.45, 2.75) is 6.54 Å². The molecule has 1 aliphatic rings. The lowest BCUT2D eigenvalue weighted by Crippen LogP contribution is -2.48. The Morgan fingerprint density at radius 1 is 0.853 bits per heavy atom. The Bertz CT molecular complexity index is 1230. The van der Waals surface area contributed by atoms with Crippen LogP contribution in [-0.2, 0) is 6.54 Å². The second kappa shape index (κ2) is 9.93. The van der Waals surface area contributed by atoms with E-state index in [0.29, 0.717) is 18.8 Å². The lowest BCUT2D eigenvalue weighted by molar-refractivity contribution is 0.0619. The van der Waals surface area contributed by atoms with Gasteiger partial charge in [-0.25, -0.2) is 4.68 Å². The summed E-state index contributed by atoms with van der Waals surface area (Å²) < 4.78 is 7.05. The molecule has 6 heteroatoms. The van der Waals surface area contributed by atoms with Crippen molar-refractivity contribution in [1.82, 2.24) is 19.6 Å². The minimum atomic E-state index is 0.00450. The number of carbonyl (C=O) groups is 1. The largest absolute Gasteiger partial charge is 0.497 e. The maximum absolute atomic E-state index is 13.6. The summed E-state index contributed by atoms with van der Waals surface area (Å²) in [7, 11) is 1.64. The van der Waals surface area contributed by atoms with Crippen molar-refractivity contribution < 1.29 is 9.53 Å². The van der Waals surface area contributed by atoms with Crippen molar-refractivity contribution in [3.63, 3.8) is 0 Å². The first kappa shape index (κ1) is 21.9. The van der Waals surface area contributed by atoms with Crippen LogP contribution in [0.4, 0.5) is 0 Å². The highest BCUT2D eigenvalue weighted by Gasteiger charge is 2.26. The van der Waals surface area contributed by atoms with E-state index in [1.165, 1.54) is 5.56 Å². The van der Waals surface area contributed by atoms with E-state index in [4.69, 9.17) is 9.84 Å². The van der Waals surface area contributed by atoms with Crippen LogP contribution in [0.2, 0.25) is 0 Å². The predicted octanol–water partition coefficient (Wildman–Crippen LogP) is 4.51. The van der Waals surface area contributed by atoms with Crippen molar-refractivity contribution >= 4 is 5.91 Å². The highest BCUT2D eigenvalue weighted by molar-refractivity contribution is 5.94. The molecule has 1 fully saturated rings. The van der Waals surface area contributed by atoms with Gasteiger partial charge in [0, 0.05) is 38.3 Å². The van der Waals surface area contributed by atoms with Gasteiger partial charge >= 0.3 is 0 Å². The summed E-state index contributed by atoms with van der Waals surface area (Å²) in [6.45, 7) is 4.00. The molecule has 1 saturated heterocycles. The van der Waals surface area contributed by atoms with Gasteiger partial charge in [-0.2, -0.15) is 5.10 Å². The first-order chi connectivity index (χ1) is 16.7. The topological polar surface area (TPSA) is 50.6 Å². The zero-order valence-electron chi connectivity index (χ0n) is 19.3. The number of hydrogen-bond acceptors (Lipinski definition) is 4. The van der Waals surface area contributed by atoms with Crippen LogP contribution in [0.5, 0.6) is 5.75 Å². The molecule has 0 saturated carbocycles. The monoisotopic (exact) mass is 452 g/mol. The molecule has 0 bridgehead atoms. The molecule has 1 aliphatic heterocycles. The van der Waals surface area contributed by atoms with Crippen LogP contribution in [0.25, 0.3) is 16.9 Å². The normalized spacial score (nSPS) is 14.2. The predicted molar refractivity (Wildman–Crippen MR) is 133 cm³/mol. The molecule has 2 heterocycles. The fraction of sp³-hybridized carbons (Fsp3) is 0.214. The summed E-state index contributed by atoms with van der Waals surface area (Å²) in [5.74, 6) is 0.770. The molecular weight excluding hydrogens is 424 g/mol. The van der Waals surface area contributed by atoms with Crippen molar-refractivity contribution in [3.8, 4) is 22.7 Å². The summed E-state index contributed by atoms with van der Waals surface area (Å²) in [6, 6.07) is 30.0. The number of nitrogens with zero attached hydrogens (tertiary/aromatic N) is 4. The van der Waals surface area contributed by atoms with Crippen LogP contribution in [0.3, 0.4) is 0 Å². The molecule has 34 heavy (non-hydrogen) atoms. The van der Waals surface area contributed by atoms with Gasteiger partial charge < -0.3 is 9.64 Å². The molecule has 0 radical (unpaired) electrons. The molecule has 5 rings (SSSR count). The minimum absolute atomic E-state index is 0.00450. The highest BCUT2D eigenvalue weighted by atomic mass is 16.5. The van der Waals surface area contributed by atoms with Gasteiger partial charge in [0.1, 0.15) is 11.4 Å². The van der Waals surface area contributed by atoms with Gasteiger partial charge in [0.25, 0.3) is 5.91 Å². The van der Waals surface area contributed by atoms with Gasteiger partial charge in [-0.1, -0.05) is 60.7 Å². The van der Waals surface area contributed by atoms with Gasteiger partial charge in [0.05, 0.1) is 18.5 Å². The standard InChI is InChI=1S/C28H28N4O2/c1-34-25-14-12-24(13-15-25)32-27(20-26(29-32)23-10-6-3-7-11-23)28(33)31-18-16-30(17-19-31)21-22-8-4-2-5-9-22/h2-15,20H,16-19,21H2,1H3. The smallest absolute Gasteiger partial charge is 0.272 e. The third-order valence-corrected chi connectivity index (χ3v) is 6.22. The van der Waals surface area contributed by atoms with Crippen molar-refractivity contribution in [2.75, 3.05) is 33.3 Å². The van der Waals surface area contributed by atoms with E-state index < -0.39 is 0 Å². The summed E-state index contributed by atoms with van der Waals surface area (Å²) in [4.78, 5) is 18.0. The van der Waals surface area contributed by atoms with Crippen LogP contribution >= 0.6 is 0 Å². The van der Waals surface area contributed by atoms with E-state index in [9.17, 15) is 4.79 Å². The average molecular weight is 453 g/mol. The lowest BCUT2D eigenvalue weighted by atomic mass is 10.1. The molecule has 3 aromatic carbocycles. The van der Waals surface area contributed by atoms with Crippen LogP contribution in [0, 0.1) is 0 Å². The Balaban J connectivity index is 1.38. The quantitative estimate of drug-likeness (QED) is 0.432. The number of benzene rings is 3. The first-order valence-electron chi connectivity index (χ1n) is 11.6. The van der Waals surface area contributed by atoms with E-state index in [1.807, 2.05) is 71.6 Å². The zero-order valence-corrected chi connectivity index (χ0v) is 19.3. The Hall–Kier alpha value is -3.90. The molecule has 4 aromatic rings. The number of ether oxygens (including phenoxy) is 1. The van der Waals surface area contributed by atoms with Gasteiger partial charge in [-0.3, -0.25) is 9.69 Å². The van der Waals surface area contributed by atoms with Gasteiger partial charge in [0.2, 0.25) is 0 Å². The Labute approximate surface area is 200 Å². The average Bonchev–Trinajstić information content (AvgIpc) is 3.35. The molecule has 0 atom stereocenters. The van der Waals surface area contributed by atoms with Gasteiger partial charge in [-0.15, -0.1) is 0 Å². The maximum atomic E-state index is 13.6. The molecule has 172 valence electrons. The summed E-state index contributed by atoms with van der Waals surface area (Å²) in [5, 5.41) is 4.81. The van der Waals surface area contributed by atoms with Crippen molar-refractivity contribution in [3.05, 3.63) is 102 Å². The Morgan fingerprint density at radius 3 is 2.15 bits per heavy atom. The van der Waals surface area contributed by atoms with E-state index in [-0.39, 0.29) is 5.91 Å². The molecule has 1 amide bonds. The van der Waals surface area contributed by atoms with Crippen LogP contribution < -0.4 is 4.74 Å². The third kappa shape index (κ3) is 4.72. The van der Waals surface area contributed by atoms with E-state index >= 15 is 0 Å². The van der Waals surface area contributed by atoms with E-state index in [1.54, 1.807) is 11.8 Å². The molecular formula is C28H28N4O2. The van der Waals surface area contributed by atoms with Crippen molar-refractivity contribution in [2.24, 2.45) is 0 Å². The van der Waals surface area contributed by atoms with E-state index in [2.05, 4.69) is 29.2 Å². The van der Waals surface area contributed by atoms with Crippen molar-refractivity contribution in [1.29, 1.82) is 0 Å². The third-order valence-electron chi connectivity index (χ3n) is 6.22. The molecule has 0 N–H and O–H groups in total. The molecule has 1 aromatic heterocycles. The number of carbonyl (C=O) groups excluding carboxylic acids is 1. The fourth-order valence-electron chi connectivity index (χ4n) is 4.32. The number of hydrogen-bond donors (Lipinski definition) is 0. The number of amides is 1. The number of methoxy groups -OCH3 is 1. The minimum Gasteiger partial charge on any atom is -0.497 e. The van der Waals surface area contributed by atoms with Gasteiger partial charge in [0.15, 0.2) is 0 Å². The SMILES string of the molecule is COc1ccc(-n2nc(-c3ccccc3)cc2C(=O)N2CCN(Cc3ccccc3)CC2)cc1. The maximum Gasteiger partial charge on any atom is 0.272 e. The van der Waals surface area contributed by atoms with Gasteiger partial charge in [-0.05, 0) is 35.9 Å². The summed E-state index contributed by atoms with van der Waals surface area (Å²) in [5.41, 5.74) is 4.46. The summed E-state index contributed by atoms with van der Waals surface area (Å²) in [6.07, 6.45) is 0. The second-order valence-electron chi connectivity index (χ2n) is 8.44. The van der Waals surface area contributed by atoms with Crippen LogP contribution in [0.15, 0.2) is 91.0 Å². The number of rotatable bonds is 6.